The van der Waals surface area contributed by atoms with E-state index in [9.17, 15) is 0 Å². The monoisotopic (exact) mass is 246 g/mol. The largest absolute Gasteiger partial charge is 0.496 e. The first kappa shape index (κ1) is 13.4. The number of hydrogen-bond acceptors (Lipinski definition) is 3. The standard InChI is InChI=1S/C14H23BN2O/c1-3-13-5-4-12(10-14(13)18-2)11-16-6-8-17(15)9-7-16/h4-5,10H,3,6-9,11,15H2,1-2H3. The second-order valence-electron chi connectivity index (χ2n) is 5.08. The van der Waals surface area contributed by atoms with Crippen molar-refractivity contribution in [3.63, 3.8) is 0 Å². The van der Waals surface area contributed by atoms with Crippen LogP contribution in [0.2, 0.25) is 0 Å². The summed E-state index contributed by atoms with van der Waals surface area (Å²) in [6, 6.07) is 6.63. The maximum atomic E-state index is 5.46. The van der Waals surface area contributed by atoms with Crippen LogP contribution in [0, 0.1) is 0 Å². The van der Waals surface area contributed by atoms with Crippen molar-refractivity contribution in [3.8, 4) is 5.75 Å². The van der Waals surface area contributed by atoms with Gasteiger partial charge in [-0.1, -0.05) is 19.1 Å². The highest BCUT2D eigenvalue weighted by atomic mass is 16.5. The van der Waals surface area contributed by atoms with E-state index >= 15 is 0 Å². The highest BCUT2D eigenvalue weighted by Gasteiger charge is 2.14. The second-order valence-corrected chi connectivity index (χ2v) is 5.08. The average molecular weight is 246 g/mol. The summed E-state index contributed by atoms with van der Waals surface area (Å²) in [5.41, 5.74) is 2.65. The van der Waals surface area contributed by atoms with Crippen LogP contribution in [0.5, 0.6) is 5.75 Å². The van der Waals surface area contributed by atoms with Crippen LogP contribution in [0.1, 0.15) is 18.1 Å². The van der Waals surface area contributed by atoms with Gasteiger partial charge < -0.3 is 9.55 Å². The number of aryl methyl sites for hydroxylation is 1. The van der Waals surface area contributed by atoms with Crippen LogP contribution in [0.3, 0.4) is 0 Å². The van der Waals surface area contributed by atoms with Crippen LogP contribution in [-0.2, 0) is 13.0 Å². The molecule has 4 heteroatoms. The average Bonchev–Trinajstić information content (AvgIpc) is 2.41. The van der Waals surface area contributed by atoms with Gasteiger partial charge in [-0.15, -0.1) is 0 Å². The van der Waals surface area contributed by atoms with Crippen LogP contribution >= 0.6 is 0 Å². The van der Waals surface area contributed by atoms with Crippen molar-refractivity contribution in [2.24, 2.45) is 0 Å². The van der Waals surface area contributed by atoms with Gasteiger partial charge in [0.1, 0.15) is 5.75 Å². The normalized spacial score (nSPS) is 17.9. The molecule has 2 rings (SSSR count). The highest BCUT2D eigenvalue weighted by Crippen LogP contribution is 2.21. The van der Waals surface area contributed by atoms with Gasteiger partial charge in [-0.25, -0.2) is 0 Å². The second kappa shape index (κ2) is 6.25. The molecule has 1 fully saturated rings. The molecule has 0 unspecified atom stereocenters. The molecule has 1 aromatic carbocycles. The molecular formula is C14H23BN2O. The van der Waals surface area contributed by atoms with Crippen LogP contribution in [0.4, 0.5) is 0 Å². The third-order valence-electron chi connectivity index (χ3n) is 3.73. The van der Waals surface area contributed by atoms with Crippen LogP contribution < -0.4 is 4.74 Å². The molecule has 0 bridgehead atoms. The molecule has 0 saturated carbocycles. The topological polar surface area (TPSA) is 15.7 Å². The number of hydrogen-bond donors (Lipinski definition) is 0. The maximum Gasteiger partial charge on any atom is 0.185 e. The number of nitrogens with zero attached hydrogens (tertiary/aromatic N) is 2. The zero-order valence-corrected chi connectivity index (χ0v) is 11.8. The Labute approximate surface area is 111 Å². The van der Waals surface area contributed by atoms with Crippen molar-refractivity contribution in [1.29, 1.82) is 0 Å². The lowest BCUT2D eigenvalue weighted by atomic mass is 10.1. The van der Waals surface area contributed by atoms with Crippen molar-refractivity contribution in [1.82, 2.24) is 9.71 Å². The van der Waals surface area contributed by atoms with E-state index in [1.807, 2.05) is 0 Å². The first-order valence-corrected chi connectivity index (χ1v) is 6.79. The smallest absolute Gasteiger partial charge is 0.185 e. The summed E-state index contributed by atoms with van der Waals surface area (Å²) in [5, 5.41) is 0. The van der Waals surface area contributed by atoms with Crippen LogP contribution in [-0.4, -0.2) is 51.0 Å². The minimum Gasteiger partial charge on any atom is -0.496 e. The summed E-state index contributed by atoms with van der Waals surface area (Å²) in [6.45, 7) is 7.86. The lowest BCUT2D eigenvalue weighted by Crippen LogP contribution is -2.44. The van der Waals surface area contributed by atoms with E-state index < -0.39 is 0 Å². The Kier molecular flexibility index (Phi) is 4.67. The van der Waals surface area contributed by atoms with E-state index in [1.165, 1.54) is 24.2 Å². The van der Waals surface area contributed by atoms with E-state index in [0.29, 0.717) is 0 Å². The summed E-state index contributed by atoms with van der Waals surface area (Å²) in [5.74, 6) is 1.03. The molecule has 0 amide bonds. The fraction of sp³-hybridized carbons (Fsp3) is 0.571. The molecule has 0 N–H and O–H groups in total. The fourth-order valence-corrected chi connectivity index (χ4v) is 2.44. The van der Waals surface area contributed by atoms with E-state index in [2.05, 4.69) is 42.8 Å². The van der Waals surface area contributed by atoms with Gasteiger partial charge in [0.2, 0.25) is 0 Å². The first-order valence-electron chi connectivity index (χ1n) is 6.79. The summed E-state index contributed by atoms with van der Waals surface area (Å²) in [4.78, 5) is 4.90. The van der Waals surface area contributed by atoms with Crippen molar-refractivity contribution < 1.29 is 4.74 Å². The molecule has 0 radical (unpaired) electrons. The fourth-order valence-electron chi connectivity index (χ4n) is 2.44. The molecule has 0 atom stereocenters. The van der Waals surface area contributed by atoms with Gasteiger partial charge in [0, 0.05) is 19.6 Å². The van der Waals surface area contributed by atoms with Gasteiger partial charge >= 0.3 is 0 Å². The van der Waals surface area contributed by atoms with Gasteiger partial charge in [-0.2, -0.15) is 0 Å². The van der Waals surface area contributed by atoms with Crippen molar-refractivity contribution in [2.75, 3.05) is 33.3 Å². The molecule has 0 spiro atoms. The van der Waals surface area contributed by atoms with Gasteiger partial charge in [0.15, 0.2) is 7.98 Å². The molecule has 98 valence electrons. The van der Waals surface area contributed by atoms with Crippen molar-refractivity contribution >= 4 is 7.98 Å². The van der Waals surface area contributed by atoms with Crippen molar-refractivity contribution in [3.05, 3.63) is 29.3 Å². The SMILES string of the molecule is BN1CCN(Cc2ccc(CC)c(OC)c2)CC1. The van der Waals surface area contributed by atoms with Crippen LogP contribution in [0.25, 0.3) is 0 Å². The lowest BCUT2D eigenvalue weighted by Gasteiger charge is -2.32. The summed E-state index contributed by atoms with van der Waals surface area (Å²) in [6.07, 6.45) is 1.03. The number of ether oxygens (including phenoxy) is 1. The quantitative estimate of drug-likeness (QED) is 0.735. The summed E-state index contributed by atoms with van der Waals surface area (Å²) >= 11 is 0. The molecule has 3 nitrogen and oxygen atoms in total. The minimum atomic E-state index is 1.03. The molecule has 18 heavy (non-hydrogen) atoms. The number of methoxy groups -OCH3 is 1. The molecule has 1 aliphatic rings. The first-order chi connectivity index (χ1) is 8.72. The predicted octanol–water partition coefficient (Wildman–Crippen LogP) is 0.923. The third-order valence-corrected chi connectivity index (χ3v) is 3.73. The molecule has 1 aliphatic heterocycles. The maximum absolute atomic E-state index is 5.46. The van der Waals surface area contributed by atoms with Gasteiger partial charge in [-0.3, -0.25) is 4.90 Å². The van der Waals surface area contributed by atoms with Gasteiger partial charge in [-0.05, 0) is 36.7 Å². The molecule has 1 saturated heterocycles. The zero-order chi connectivity index (χ0) is 13.0. The number of rotatable bonds is 4. The van der Waals surface area contributed by atoms with E-state index in [-0.39, 0.29) is 0 Å². The highest BCUT2D eigenvalue weighted by molar-refractivity contribution is 6.04. The molecule has 0 aromatic heterocycles. The Morgan fingerprint density at radius 2 is 1.94 bits per heavy atom. The Bertz CT molecular complexity index is 389. The summed E-state index contributed by atoms with van der Waals surface area (Å²) in [7, 11) is 3.95. The Balaban J connectivity index is 2.01. The summed E-state index contributed by atoms with van der Waals surface area (Å²) < 4.78 is 5.46. The predicted molar refractivity (Wildman–Crippen MR) is 77.8 cm³/mol. The van der Waals surface area contributed by atoms with E-state index in [0.717, 1.165) is 31.8 Å². The Morgan fingerprint density at radius 1 is 1.22 bits per heavy atom. The third kappa shape index (κ3) is 3.27. The van der Waals surface area contributed by atoms with Gasteiger partial charge in [0.05, 0.1) is 7.11 Å². The molecule has 1 heterocycles. The zero-order valence-electron chi connectivity index (χ0n) is 11.8. The van der Waals surface area contributed by atoms with E-state index in [4.69, 9.17) is 4.74 Å². The van der Waals surface area contributed by atoms with Gasteiger partial charge in [0.25, 0.3) is 0 Å². The van der Waals surface area contributed by atoms with E-state index in [1.54, 1.807) is 7.11 Å². The number of piperazine rings is 1. The number of benzene rings is 1. The Hall–Kier alpha value is -0.995. The van der Waals surface area contributed by atoms with Crippen LogP contribution in [0.15, 0.2) is 18.2 Å². The molecule has 1 aromatic rings. The molecular weight excluding hydrogens is 223 g/mol. The van der Waals surface area contributed by atoms with Crippen molar-refractivity contribution in [2.45, 2.75) is 19.9 Å². The molecule has 0 aliphatic carbocycles. The minimum absolute atomic E-state index is 1.03. The Morgan fingerprint density at radius 3 is 2.56 bits per heavy atom. The lowest BCUT2D eigenvalue weighted by molar-refractivity contribution is 0.184.